The smallest absolute Gasteiger partial charge is 0.414 e. The molecule has 1 saturated heterocycles. The number of sulfonamides is 1. The van der Waals surface area contributed by atoms with Crippen LogP contribution >= 0.6 is 11.6 Å². The first-order valence-corrected chi connectivity index (χ1v) is 11.7. The van der Waals surface area contributed by atoms with Crippen LogP contribution < -0.4 is 9.47 Å². The van der Waals surface area contributed by atoms with Crippen molar-refractivity contribution < 1.29 is 42.8 Å². The maximum Gasteiger partial charge on any atom is 0.414 e. The summed E-state index contributed by atoms with van der Waals surface area (Å²) >= 11 is 5.85. The number of carbonyl (C=O) groups is 2. The normalized spacial score (nSPS) is 14.6. The molecule has 0 atom stereocenters. The molecule has 1 heterocycles. The highest BCUT2D eigenvalue weighted by atomic mass is 35.5. The fourth-order valence-corrected chi connectivity index (χ4v) is 4.73. The van der Waals surface area contributed by atoms with Crippen molar-refractivity contribution in [3.05, 3.63) is 47.0 Å². The number of carboxylic acids is 2. The molecule has 34 heavy (non-hydrogen) atoms. The molecule has 0 bridgehead atoms. The number of benzene rings is 2. The monoisotopic (exact) mass is 516 g/mol. The van der Waals surface area contributed by atoms with E-state index in [0.717, 1.165) is 5.56 Å². The fraction of sp³-hybridized carbons (Fsp3) is 0.333. The Morgan fingerprint density at radius 3 is 1.82 bits per heavy atom. The van der Waals surface area contributed by atoms with Gasteiger partial charge in [-0.25, -0.2) is 18.0 Å². The van der Waals surface area contributed by atoms with Crippen LogP contribution in [0.2, 0.25) is 5.02 Å². The number of hydrogen-bond donors (Lipinski definition) is 3. The molecule has 0 spiro atoms. The summed E-state index contributed by atoms with van der Waals surface area (Å²) in [5.74, 6) is -2.99. The van der Waals surface area contributed by atoms with Crippen molar-refractivity contribution in [1.82, 2.24) is 9.21 Å². The van der Waals surface area contributed by atoms with Gasteiger partial charge in [0.1, 0.15) is 0 Å². The Kier molecular flexibility index (Phi) is 9.50. The van der Waals surface area contributed by atoms with Gasteiger partial charge >= 0.3 is 11.9 Å². The quantitative estimate of drug-likeness (QED) is 0.483. The number of hydrogen-bond acceptors (Lipinski definition) is 8. The number of ether oxygens (including phenoxy) is 2. The first-order valence-electron chi connectivity index (χ1n) is 9.87. The van der Waals surface area contributed by atoms with Crippen molar-refractivity contribution in [2.24, 2.45) is 0 Å². The molecule has 1 aliphatic heterocycles. The summed E-state index contributed by atoms with van der Waals surface area (Å²) in [6.45, 7) is 2.59. The van der Waals surface area contributed by atoms with Gasteiger partial charge in [0.05, 0.1) is 19.1 Å². The van der Waals surface area contributed by atoms with Crippen LogP contribution in [0.25, 0.3) is 0 Å². The molecule has 1 fully saturated rings. The minimum atomic E-state index is -3.53. The highest BCUT2D eigenvalue weighted by molar-refractivity contribution is 7.89. The number of piperazine rings is 1. The predicted octanol–water partition coefficient (Wildman–Crippen LogP) is 1.72. The number of carboxylic acid groups (broad SMARTS) is 2. The Balaban J connectivity index is 0.000000604. The van der Waals surface area contributed by atoms with Crippen molar-refractivity contribution in [3.63, 3.8) is 0 Å². The second-order valence-corrected chi connectivity index (χ2v) is 9.47. The van der Waals surface area contributed by atoms with Gasteiger partial charge in [-0.2, -0.15) is 4.31 Å². The third kappa shape index (κ3) is 6.97. The summed E-state index contributed by atoms with van der Waals surface area (Å²) in [6.07, 6.45) is 0. The molecule has 0 aliphatic carbocycles. The number of aromatic hydroxyl groups is 1. The van der Waals surface area contributed by atoms with Crippen LogP contribution in [0.1, 0.15) is 5.56 Å². The number of phenols is 1. The molecule has 0 radical (unpaired) electrons. The number of halogens is 1. The van der Waals surface area contributed by atoms with Crippen LogP contribution in [0.15, 0.2) is 41.3 Å². The van der Waals surface area contributed by atoms with E-state index in [0.29, 0.717) is 49.2 Å². The Labute approximate surface area is 201 Å². The van der Waals surface area contributed by atoms with Crippen molar-refractivity contribution in [1.29, 1.82) is 0 Å². The molecule has 3 rings (SSSR count). The first-order chi connectivity index (χ1) is 16.0. The average molecular weight is 517 g/mol. The van der Waals surface area contributed by atoms with Gasteiger partial charge in [0, 0.05) is 37.7 Å². The van der Waals surface area contributed by atoms with E-state index in [1.54, 1.807) is 24.3 Å². The van der Waals surface area contributed by atoms with E-state index < -0.39 is 22.0 Å². The summed E-state index contributed by atoms with van der Waals surface area (Å²) in [7, 11) is -0.557. The zero-order valence-corrected chi connectivity index (χ0v) is 20.0. The van der Waals surface area contributed by atoms with Crippen LogP contribution in [0.5, 0.6) is 17.2 Å². The van der Waals surface area contributed by atoms with E-state index >= 15 is 0 Å². The van der Waals surface area contributed by atoms with Gasteiger partial charge in [0.2, 0.25) is 15.8 Å². The maximum atomic E-state index is 12.8. The van der Waals surface area contributed by atoms with Gasteiger partial charge in [-0.3, -0.25) is 4.90 Å². The lowest BCUT2D eigenvalue weighted by atomic mass is 10.1. The Bertz CT molecular complexity index is 1080. The van der Waals surface area contributed by atoms with Crippen LogP contribution in [0.3, 0.4) is 0 Å². The SMILES string of the molecule is COc1cc(CN2CCN(S(=O)(=O)c3ccc(Cl)cc3)CC2)cc(OC)c1O.O=C(O)C(=O)O. The van der Waals surface area contributed by atoms with Crippen molar-refractivity contribution >= 4 is 33.6 Å². The molecule has 0 aromatic heterocycles. The minimum absolute atomic E-state index is 0.0346. The molecule has 186 valence electrons. The van der Waals surface area contributed by atoms with E-state index in [1.165, 1.54) is 30.7 Å². The van der Waals surface area contributed by atoms with E-state index in [9.17, 15) is 13.5 Å². The fourth-order valence-electron chi connectivity index (χ4n) is 3.18. The lowest BCUT2D eigenvalue weighted by molar-refractivity contribution is -0.159. The third-order valence-electron chi connectivity index (χ3n) is 4.91. The van der Waals surface area contributed by atoms with Gasteiger partial charge < -0.3 is 24.8 Å². The maximum absolute atomic E-state index is 12.8. The van der Waals surface area contributed by atoms with E-state index in [1.807, 2.05) is 0 Å². The average Bonchev–Trinajstić information content (AvgIpc) is 2.81. The molecule has 13 heteroatoms. The molecule has 2 aromatic carbocycles. The Morgan fingerprint density at radius 2 is 1.41 bits per heavy atom. The lowest BCUT2D eigenvalue weighted by Gasteiger charge is -2.34. The summed E-state index contributed by atoms with van der Waals surface area (Å²) in [5.41, 5.74) is 0.917. The van der Waals surface area contributed by atoms with Gasteiger partial charge in [-0.1, -0.05) is 11.6 Å². The van der Waals surface area contributed by atoms with E-state index in [-0.39, 0.29) is 10.6 Å². The van der Waals surface area contributed by atoms with Gasteiger partial charge in [0.25, 0.3) is 0 Å². The van der Waals surface area contributed by atoms with Gasteiger partial charge in [-0.05, 0) is 42.0 Å². The largest absolute Gasteiger partial charge is 0.502 e. The molecular weight excluding hydrogens is 492 g/mol. The molecule has 11 nitrogen and oxygen atoms in total. The number of rotatable bonds is 6. The van der Waals surface area contributed by atoms with E-state index in [4.69, 9.17) is 40.9 Å². The van der Waals surface area contributed by atoms with E-state index in [2.05, 4.69) is 4.90 Å². The topological polar surface area (TPSA) is 154 Å². The van der Waals surface area contributed by atoms with Crippen LogP contribution in [0.4, 0.5) is 0 Å². The van der Waals surface area contributed by atoms with Crippen LogP contribution in [-0.4, -0.2) is 85.3 Å². The molecule has 3 N–H and O–H groups in total. The van der Waals surface area contributed by atoms with Crippen LogP contribution in [0, 0.1) is 0 Å². The molecule has 0 saturated carbocycles. The summed E-state index contributed by atoms with van der Waals surface area (Å²) in [6, 6.07) is 9.73. The predicted molar refractivity (Wildman–Crippen MR) is 122 cm³/mol. The Morgan fingerprint density at radius 1 is 0.941 bits per heavy atom. The first kappa shape index (κ1) is 27.2. The lowest BCUT2D eigenvalue weighted by Crippen LogP contribution is -2.48. The number of aliphatic carboxylic acids is 2. The molecule has 1 aliphatic rings. The molecule has 0 unspecified atom stereocenters. The third-order valence-corrected chi connectivity index (χ3v) is 7.08. The second kappa shape index (κ2) is 11.9. The highest BCUT2D eigenvalue weighted by Gasteiger charge is 2.28. The van der Waals surface area contributed by atoms with Crippen molar-refractivity contribution in [2.75, 3.05) is 40.4 Å². The number of nitrogens with zero attached hydrogens (tertiary/aromatic N) is 2. The molecular formula is C21H25ClN2O9S. The zero-order valence-electron chi connectivity index (χ0n) is 18.5. The van der Waals surface area contributed by atoms with Crippen molar-refractivity contribution in [2.45, 2.75) is 11.4 Å². The standard InChI is InChI=1S/C19H23ClN2O5S.C2H2O4/c1-26-17-11-14(12-18(27-2)19(17)23)13-21-7-9-22(10-8-21)28(24,25)16-5-3-15(20)4-6-16;3-1(4)2(5)6/h3-6,11-12,23H,7-10,13H2,1-2H3;(H,3,4)(H,5,6). The second-order valence-electron chi connectivity index (χ2n) is 7.09. The summed E-state index contributed by atoms with van der Waals surface area (Å²) in [5, 5.41) is 25.3. The Hall–Kier alpha value is -3.06. The highest BCUT2D eigenvalue weighted by Crippen LogP contribution is 2.37. The van der Waals surface area contributed by atoms with Gasteiger partial charge in [-0.15, -0.1) is 0 Å². The summed E-state index contributed by atoms with van der Waals surface area (Å²) < 4.78 is 37.4. The number of phenolic OH excluding ortho intramolecular Hbond substituents is 1. The van der Waals surface area contributed by atoms with Gasteiger partial charge in [0.15, 0.2) is 11.5 Å². The van der Waals surface area contributed by atoms with Crippen molar-refractivity contribution in [3.8, 4) is 17.2 Å². The zero-order chi connectivity index (χ0) is 25.5. The number of methoxy groups -OCH3 is 2. The van der Waals surface area contributed by atoms with Crippen LogP contribution in [-0.2, 0) is 26.2 Å². The summed E-state index contributed by atoms with van der Waals surface area (Å²) in [4.78, 5) is 20.6. The molecule has 2 aromatic rings. The minimum Gasteiger partial charge on any atom is -0.502 e. The molecule has 0 amide bonds.